The molecule has 0 unspecified atom stereocenters. The van der Waals surface area contributed by atoms with Crippen molar-refractivity contribution >= 4 is 0 Å². The zero-order valence-corrected chi connectivity index (χ0v) is 22.2. The van der Waals surface area contributed by atoms with E-state index in [9.17, 15) is 0 Å². The molecule has 0 radical (unpaired) electrons. The summed E-state index contributed by atoms with van der Waals surface area (Å²) in [4.78, 5) is 0. The van der Waals surface area contributed by atoms with Crippen LogP contribution < -0.4 is 0 Å². The van der Waals surface area contributed by atoms with Gasteiger partial charge in [-0.05, 0) is 80.2 Å². The SMILES string of the molecule is CCCCCC[C@H]1CC[C@H](CCCO[C@H]2CC[C@H](c3ccc(CCCCC)cc3)CC2)CC1. The first-order valence-electron chi connectivity index (χ1n) is 15.0. The first-order chi connectivity index (χ1) is 16.3. The highest BCUT2D eigenvalue weighted by Gasteiger charge is 2.23. The predicted molar refractivity (Wildman–Crippen MR) is 144 cm³/mol. The van der Waals surface area contributed by atoms with E-state index in [2.05, 4.69) is 38.1 Å². The van der Waals surface area contributed by atoms with Crippen molar-refractivity contribution in [1.29, 1.82) is 0 Å². The van der Waals surface area contributed by atoms with Crippen molar-refractivity contribution in [2.45, 2.75) is 148 Å². The Morgan fingerprint density at radius 2 is 1.24 bits per heavy atom. The summed E-state index contributed by atoms with van der Waals surface area (Å²) in [5, 5.41) is 0. The second kappa shape index (κ2) is 16.0. The van der Waals surface area contributed by atoms with Crippen molar-refractivity contribution in [1.82, 2.24) is 0 Å². The van der Waals surface area contributed by atoms with Gasteiger partial charge in [-0.3, -0.25) is 0 Å². The van der Waals surface area contributed by atoms with Gasteiger partial charge in [-0.25, -0.2) is 0 Å². The minimum atomic E-state index is 0.522. The number of aryl methyl sites for hydroxylation is 1. The first-order valence-corrected chi connectivity index (χ1v) is 15.0. The van der Waals surface area contributed by atoms with E-state index in [0.29, 0.717) is 6.10 Å². The summed E-state index contributed by atoms with van der Waals surface area (Å²) in [6, 6.07) is 9.58. The fourth-order valence-electron chi connectivity index (χ4n) is 6.39. The van der Waals surface area contributed by atoms with Crippen LogP contribution in [0.15, 0.2) is 24.3 Å². The average molecular weight is 455 g/mol. The van der Waals surface area contributed by atoms with Crippen molar-refractivity contribution in [2.75, 3.05) is 6.61 Å². The third-order valence-corrected chi connectivity index (χ3v) is 8.74. The van der Waals surface area contributed by atoms with E-state index >= 15 is 0 Å². The van der Waals surface area contributed by atoms with Crippen molar-refractivity contribution in [3.05, 3.63) is 35.4 Å². The van der Waals surface area contributed by atoms with Gasteiger partial charge in [0.2, 0.25) is 0 Å². The molecule has 1 aromatic carbocycles. The molecule has 0 saturated heterocycles. The molecule has 0 aromatic heterocycles. The van der Waals surface area contributed by atoms with Crippen molar-refractivity contribution in [3.8, 4) is 0 Å². The smallest absolute Gasteiger partial charge is 0.0575 e. The molecule has 2 saturated carbocycles. The quantitative estimate of drug-likeness (QED) is 0.239. The molecular weight excluding hydrogens is 400 g/mol. The van der Waals surface area contributed by atoms with Gasteiger partial charge in [-0.2, -0.15) is 0 Å². The molecule has 1 nitrogen and oxygen atoms in total. The lowest BCUT2D eigenvalue weighted by atomic mass is 9.78. The molecule has 0 aliphatic heterocycles. The second-order valence-corrected chi connectivity index (χ2v) is 11.4. The normalized spacial score (nSPS) is 25.9. The molecule has 2 aliphatic rings. The topological polar surface area (TPSA) is 9.23 Å². The third kappa shape index (κ3) is 10.1. The number of ether oxygens (including phenoxy) is 1. The maximum Gasteiger partial charge on any atom is 0.0575 e. The van der Waals surface area contributed by atoms with E-state index in [1.165, 1.54) is 128 Å². The molecule has 0 heterocycles. The molecule has 2 fully saturated rings. The molecule has 0 bridgehead atoms. The van der Waals surface area contributed by atoms with Crippen LogP contribution >= 0.6 is 0 Å². The van der Waals surface area contributed by atoms with E-state index < -0.39 is 0 Å². The summed E-state index contributed by atoms with van der Waals surface area (Å²) in [6.07, 6.45) is 26.8. The van der Waals surface area contributed by atoms with E-state index in [4.69, 9.17) is 4.74 Å². The van der Waals surface area contributed by atoms with Crippen LogP contribution in [0.25, 0.3) is 0 Å². The summed E-state index contributed by atoms with van der Waals surface area (Å²) in [5.41, 5.74) is 3.08. The summed E-state index contributed by atoms with van der Waals surface area (Å²) >= 11 is 0. The summed E-state index contributed by atoms with van der Waals surface area (Å²) in [6.45, 7) is 5.60. The Hall–Kier alpha value is -0.820. The van der Waals surface area contributed by atoms with Gasteiger partial charge in [-0.1, -0.05) is 109 Å². The fourth-order valence-corrected chi connectivity index (χ4v) is 6.39. The van der Waals surface area contributed by atoms with Crippen LogP contribution in [-0.2, 0) is 11.2 Å². The van der Waals surface area contributed by atoms with Gasteiger partial charge in [-0.15, -0.1) is 0 Å². The van der Waals surface area contributed by atoms with Crippen LogP contribution in [0.1, 0.15) is 146 Å². The summed E-state index contributed by atoms with van der Waals surface area (Å²) in [5.74, 6) is 2.79. The molecule has 188 valence electrons. The highest BCUT2D eigenvalue weighted by Crippen LogP contribution is 2.36. The van der Waals surface area contributed by atoms with Crippen LogP contribution in [-0.4, -0.2) is 12.7 Å². The highest BCUT2D eigenvalue weighted by atomic mass is 16.5. The highest BCUT2D eigenvalue weighted by molar-refractivity contribution is 5.26. The van der Waals surface area contributed by atoms with Gasteiger partial charge in [0.05, 0.1) is 6.10 Å². The van der Waals surface area contributed by atoms with Crippen LogP contribution in [0.2, 0.25) is 0 Å². The van der Waals surface area contributed by atoms with Crippen LogP contribution in [0.3, 0.4) is 0 Å². The molecule has 1 aromatic rings. The Bertz CT molecular complexity index is 589. The lowest BCUT2D eigenvalue weighted by molar-refractivity contribution is 0.0204. The number of hydrogen-bond donors (Lipinski definition) is 0. The Morgan fingerprint density at radius 3 is 1.88 bits per heavy atom. The predicted octanol–water partition coefficient (Wildman–Crippen LogP) is 10.0. The van der Waals surface area contributed by atoms with Gasteiger partial charge in [0.1, 0.15) is 0 Å². The van der Waals surface area contributed by atoms with Crippen molar-refractivity contribution in [2.24, 2.45) is 11.8 Å². The van der Waals surface area contributed by atoms with E-state index in [0.717, 1.165) is 24.4 Å². The summed E-state index contributed by atoms with van der Waals surface area (Å²) in [7, 11) is 0. The standard InChI is InChI=1S/C32H54O/c1-3-5-7-9-12-27-14-16-29(17-15-27)13-10-26-33-32-24-22-31(23-25-32)30-20-18-28(19-21-30)11-8-6-4-2/h18-21,27,29,31-32H,3-17,22-26H2,1-2H3/t27-,29-,31-,32-. The van der Waals surface area contributed by atoms with E-state index in [-0.39, 0.29) is 0 Å². The van der Waals surface area contributed by atoms with Crippen LogP contribution in [0, 0.1) is 11.8 Å². The van der Waals surface area contributed by atoms with Gasteiger partial charge < -0.3 is 4.74 Å². The first kappa shape index (κ1) is 26.8. The molecule has 0 amide bonds. The van der Waals surface area contributed by atoms with Crippen molar-refractivity contribution in [3.63, 3.8) is 0 Å². The molecule has 3 rings (SSSR count). The van der Waals surface area contributed by atoms with Crippen LogP contribution in [0.4, 0.5) is 0 Å². The number of hydrogen-bond acceptors (Lipinski definition) is 1. The molecule has 0 atom stereocenters. The average Bonchev–Trinajstić information content (AvgIpc) is 2.86. The lowest BCUT2D eigenvalue weighted by Gasteiger charge is -2.30. The molecular formula is C32H54O. The number of benzene rings is 1. The molecule has 1 heteroatoms. The zero-order valence-electron chi connectivity index (χ0n) is 22.2. The van der Waals surface area contributed by atoms with Gasteiger partial charge >= 0.3 is 0 Å². The third-order valence-electron chi connectivity index (χ3n) is 8.74. The minimum absolute atomic E-state index is 0.522. The fraction of sp³-hybridized carbons (Fsp3) is 0.812. The Labute approximate surface area is 206 Å². The number of unbranched alkanes of at least 4 members (excludes halogenated alkanes) is 5. The van der Waals surface area contributed by atoms with Crippen LogP contribution in [0.5, 0.6) is 0 Å². The van der Waals surface area contributed by atoms with Gasteiger partial charge in [0.15, 0.2) is 0 Å². The lowest BCUT2D eigenvalue weighted by Crippen LogP contribution is -2.21. The minimum Gasteiger partial charge on any atom is -0.378 e. The molecule has 0 N–H and O–H groups in total. The Kier molecular flexibility index (Phi) is 13.0. The molecule has 0 spiro atoms. The zero-order chi connectivity index (χ0) is 23.1. The van der Waals surface area contributed by atoms with E-state index in [1.54, 1.807) is 5.56 Å². The Balaban J connectivity index is 1.22. The largest absolute Gasteiger partial charge is 0.378 e. The second-order valence-electron chi connectivity index (χ2n) is 11.4. The number of rotatable bonds is 15. The molecule has 33 heavy (non-hydrogen) atoms. The maximum atomic E-state index is 6.33. The van der Waals surface area contributed by atoms with E-state index in [1.807, 2.05) is 0 Å². The van der Waals surface area contributed by atoms with Crippen molar-refractivity contribution < 1.29 is 4.74 Å². The van der Waals surface area contributed by atoms with Gasteiger partial charge in [0, 0.05) is 6.61 Å². The van der Waals surface area contributed by atoms with Gasteiger partial charge in [0.25, 0.3) is 0 Å². The summed E-state index contributed by atoms with van der Waals surface area (Å²) < 4.78 is 6.33. The Morgan fingerprint density at radius 1 is 0.636 bits per heavy atom. The molecule has 2 aliphatic carbocycles. The maximum absolute atomic E-state index is 6.33. The monoisotopic (exact) mass is 454 g/mol.